The predicted molar refractivity (Wildman–Crippen MR) is 72.3 cm³/mol. The predicted octanol–water partition coefficient (Wildman–Crippen LogP) is 2.55. The van der Waals surface area contributed by atoms with Crippen molar-refractivity contribution >= 4 is 11.7 Å². The van der Waals surface area contributed by atoms with Crippen LogP contribution < -0.4 is 9.64 Å². The smallest absolute Gasteiger partial charge is 0.328 e. The van der Waals surface area contributed by atoms with Crippen molar-refractivity contribution in [3.8, 4) is 5.75 Å². The van der Waals surface area contributed by atoms with Gasteiger partial charge in [-0.2, -0.15) is 0 Å². The molecule has 18 heavy (non-hydrogen) atoms. The molecule has 1 aromatic carbocycles. The summed E-state index contributed by atoms with van der Waals surface area (Å²) in [4.78, 5) is 12.5. The molecule has 0 radical (unpaired) electrons. The van der Waals surface area contributed by atoms with Gasteiger partial charge < -0.3 is 14.7 Å². The van der Waals surface area contributed by atoms with Crippen LogP contribution in [0.25, 0.3) is 0 Å². The third kappa shape index (κ3) is 4.49. The number of carbonyl (C=O) groups is 1. The maximum Gasteiger partial charge on any atom is 0.328 e. The largest absolute Gasteiger partial charge is 0.489 e. The number of nitrogens with zero attached hydrogens (tertiary/aromatic N) is 1. The summed E-state index contributed by atoms with van der Waals surface area (Å²) in [5, 5.41) is 8.44. The minimum atomic E-state index is -0.963. The summed E-state index contributed by atoms with van der Waals surface area (Å²) in [7, 11) is 0. The van der Waals surface area contributed by atoms with Crippen LogP contribution in [0.5, 0.6) is 5.75 Å². The zero-order chi connectivity index (χ0) is 13.4. The number of benzene rings is 1. The Balaban J connectivity index is 2.62. The number of hydrogen-bond acceptors (Lipinski definition) is 3. The average Bonchev–Trinajstić information content (AvgIpc) is 2.36. The first-order chi connectivity index (χ1) is 8.67. The molecule has 4 nitrogen and oxygen atoms in total. The van der Waals surface area contributed by atoms with E-state index in [1.54, 1.807) is 0 Å². The molecule has 0 atom stereocenters. The average molecular weight is 249 g/mol. The van der Waals surface area contributed by atoms with E-state index < -0.39 is 5.97 Å². The van der Waals surface area contributed by atoms with Crippen LogP contribution in [0.3, 0.4) is 0 Å². The Morgan fingerprint density at radius 3 is 2.72 bits per heavy atom. The highest BCUT2D eigenvalue weighted by Crippen LogP contribution is 2.20. The van der Waals surface area contributed by atoms with Gasteiger partial charge in [0.2, 0.25) is 0 Å². The van der Waals surface area contributed by atoms with Crippen molar-refractivity contribution in [2.45, 2.75) is 13.8 Å². The summed E-state index contributed by atoms with van der Waals surface area (Å²) in [6.45, 7) is 6.35. The zero-order valence-electron chi connectivity index (χ0n) is 10.8. The summed E-state index contributed by atoms with van der Waals surface area (Å²) >= 11 is 0. The molecular formula is C14H19NO3. The Morgan fingerprint density at radius 2 is 2.11 bits per heavy atom. The third-order valence-electron chi connectivity index (χ3n) is 2.55. The number of carboxylic acids is 1. The number of anilines is 1. The number of hydrogen-bond donors (Lipinski definition) is 1. The van der Waals surface area contributed by atoms with Gasteiger partial charge in [0.25, 0.3) is 0 Å². The number of carboxylic acid groups (broad SMARTS) is 1. The Kier molecular flexibility index (Phi) is 5.77. The molecule has 1 rings (SSSR count). The van der Waals surface area contributed by atoms with Crippen molar-refractivity contribution in [3.63, 3.8) is 0 Å². The summed E-state index contributed by atoms with van der Waals surface area (Å²) in [6, 6.07) is 7.79. The highest BCUT2D eigenvalue weighted by atomic mass is 16.5. The molecule has 0 saturated carbocycles. The van der Waals surface area contributed by atoms with E-state index in [9.17, 15) is 4.79 Å². The number of aliphatic carboxylic acids is 1. The lowest BCUT2D eigenvalue weighted by Crippen LogP contribution is -2.21. The molecule has 0 unspecified atom stereocenters. The van der Waals surface area contributed by atoms with E-state index in [0.717, 1.165) is 30.6 Å². The normalized spacial score (nSPS) is 10.6. The van der Waals surface area contributed by atoms with Gasteiger partial charge in [-0.3, -0.25) is 0 Å². The van der Waals surface area contributed by atoms with Gasteiger partial charge in [-0.1, -0.05) is 6.07 Å². The fourth-order valence-corrected chi connectivity index (χ4v) is 1.65. The van der Waals surface area contributed by atoms with Crippen LogP contribution in [-0.4, -0.2) is 30.8 Å². The van der Waals surface area contributed by atoms with Gasteiger partial charge in [0, 0.05) is 30.9 Å². The molecule has 4 heteroatoms. The molecule has 0 spiro atoms. The lowest BCUT2D eigenvalue weighted by atomic mass is 10.2. The third-order valence-corrected chi connectivity index (χ3v) is 2.55. The Labute approximate surface area is 107 Å². The monoisotopic (exact) mass is 249 g/mol. The SMILES string of the molecule is CCN(CC)c1cccc(OC/C=C/C(=O)O)c1. The van der Waals surface area contributed by atoms with Crippen LogP contribution in [0.2, 0.25) is 0 Å². The minimum absolute atomic E-state index is 0.258. The van der Waals surface area contributed by atoms with Crippen LogP contribution >= 0.6 is 0 Å². The molecule has 0 saturated heterocycles. The molecule has 0 aromatic heterocycles. The number of ether oxygens (including phenoxy) is 1. The molecule has 0 bridgehead atoms. The zero-order valence-corrected chi connectivity index (χ0v) is 10.8. The molecule has 1 N–H and O–H groups in total. The lowest BCUT2D eigenvalue weighted by molar-refractivity contribution is -0.131. The molecular weight excluding hydrogens is 230 g/mol. The first kappa shape index (κ1) is 14.1. The van der Waals surface area contributed by atoms with Gasteiger partial charge in [-0.25, -0.2) is 4.79 Å². The minimum Gasteiger partial charge on any atom is -0.489 e. The molecule has 0 aliphatic heterocycles. The van der Waals surface area contributed by atoms with Gasteiger partial charge in [0.15, 0.2) is 0 Å². The van der Waals surface area contributed by atoms with E-state index in [1.807, 2.05) is 24.3 Å². The Morgan fingerprint density at radius 1 is 1.39 bits per heavy atom. The van der Waals surface area contributed by atoms with Crippen LogP contribution in [-0.2, 0) is 4.79 Å². The molecule has 0 amide bonds. The topological polar surface area (TPSA) is 49.8 Å². The second-order valence-electron chi connectivity index (χ2n) is 3.72. The molecule has 98 valence electrons. The van der Waals surface area contributed by atoms with Crippen molar-refractivity contribution in [3.05, 3.63) is 36.4 Å². The Hall–Kier alpha value is -1.97. The summed E-state index contributed by atoms with van der Waals surface area (Å²) in [5.74, 6) is -0.218. The van der Waals surface area contributed by atoms with Crippen molar-refractivity contribution in [1.29, 1.82) is 0 Å². The summed E-state index contributed by atoms with van der Waals surface area (Å²) in [6.07, 6.45) is 2.56. The first-order valence-corrected chi connectivity index (χ1v) is 6.04. The molecule has 1 aromatic rings. The standard InChI is InChI=1S/C14H19NO3/c1-3-15(4-2)12-7-5-8-13(11-12)18-10-6-9-14(16)17/h5-9,11H,3-4,10H2,1-2H3,(H,16,17)/b9-6+. The maximum absolute atomic E-state index is 10.3. The van der Waals surface area contributed by atoms with E-state index in [0.29, 0.717) is 0 Å². The van der Waals surface area contributed by atoms with E-state index in [2.05, 4.69) is 18.7 Å². The molecule has 0 heterocycles. The van der Waals surface area contributed by atoms with E-state index >= 15 is 0 Å². The van der Waals surface area contributed by atoms with Crippen molar-refractivity contribution in [2.24, 2.45) is 0 Å². The van der Waals surface area contributed by atoms with Gasteiger partial charge in [0.1, 0.15) is 12.4 Å². The van der Waals surface area contributed by atoms with Crippen molar-refractivity contribution in [1.82, 2.24) is 0 Å². The van der Waals surface area contributed by atoms with Gasteiger partial charge in [-0.05, 0) is 32.1 Å². The second-order valence-corrected chi connectivity index (χ2v) is 3.72. The van der Waals surface area contributed by atoms with E-state index in [4.69, 9.17) is 9.84 Å². The molecule has 0 aliphatic rings. The van der Waals surface area contributed by atoms with Gasteiger partial charge in [0.05, 0.1) is 0 Å². The maximum atomic E-state index is 10.3. The fraction of sp³-hybridized carbons (Fsp3) is 0.357. The van der Waals surface area contributed by atoms with Crippen LogP contribution in [0.15, 0.2) is 36.4 Å². The quantitative estimate of drug-likeness (QED) is 0.754. The molecule has 0 fully saturated rings. The van der Waals surface area contributed by atoms with E-state index in [1.165, 1.54) is 6.08 Å². The van der Waals surface area contributed by atoms with E-state index in [-0.39, 0.29) is 6.61 Å². The summed E-state index contributed by atoms with van der Waals surface area (Å²) < 4.78 is 5.46. The van der Waals surface area contributed by atoms with Crippen LogP contribution in [0.1, 0.15) is 13.8 Å². The first-order valence-electron chi connectivity index (χ1n) is 6.04. The summed E-state index contributed by atoms with van der Waals surface area (Å²) in [5.41, 5.74) is 1.11. The molecule has 0 aliphatic carbocycles. The lowest BCUT2D eigenvalue weighted by Gasteiger charge is -2.21. The van der Waals surface area contributed by atoms with Crippen LogP contribution in [0, 0.1) is 0 Å². The van der Waals surface area contributed by atoms with Crippen LogP contribution in [0.4, 0.5) is 5.69 Å². The highest BCUT2D eigenvalue weighted by molar-refractivity contribution is 5.79. The number of rotatable bonds is 7. The van der Waals surface area contributed by atoms with Gasteiger partial charge in [-0.15, -0.1) is 0 Å². The van der Waals surface area contributed by atoms with Crippen molar-refractivity contribution in [2.75, 3.05) is 24.6 Å². The fourth-order valence-electron chi connectivity index (χ4n) is 1.65. The van der Waals surface area contributed by atoms with Gasteiger partial charge >= 0.3 is 5.97 Å². The second kappa shape index (κ2) is 7.37. The van der Waals surface area contributed by atoms with Crippen molar-refractivity contribution < 1.29 is 14.6 Å². The Bertz CT molecular complexity index is 411. The highest BCUT2D eigenvalue weighted by Gasteiger charge is 2.02.